The minimum absolute atomic E-state index is 0.257. The number of imidazole rings is 1. The molecule has 6 rings (SSSR count). The summed E-state index contributed by atoms with van der Waals surface area (Å²) in [5.74, 6) is 1.40. The Morgan fingerprint density at radius 3 is 2.53 bits per heavy atom. The van der Waals surface area contributed by atoms with Crippen LogP contribution >= 0.6 is 0 Å². The minimum atomic E-state index is -0.257. The van der Waals surface area contributed by atoms with Crippen molar-refractivity contribution in [2.45, 2.75) is 65.8 Å². The molecule has 0 spiro atoms. The van der Waals surface area contributed by atoms with Gasteiger partial charge < -0.3 is 10.3 Å². The van der Waals surface area contributed by atoms with Gasteiger partial charge in [0.05, 0.1) is 17.2 Å². The molecule has 0 aliphatic heterocycles. The molecule has 0 amide bonds. The zero-order chi connectivity index (χ0) is 29.8. The number of allylic oxidation sites excluding steroid dienone is 1. The van der Waals surface area contributed by atoms with Crippen LogP contribution in [0.1, 0.15) is 73.5 Å². The fourth-order valence-electron chi connectivity index (χ4n) is 6.38. The van der Waals surface area contributed by atoms with Crippen LogP contribution in [0.3, 0.4) is 0 Å². The lowest BCUT2D eigenvalue weighted by atomic mass is 9.92. The van der Waals surface area contributed by atoms with Gasteiger partial charge in [-0.2, -0.15) is 0 Å². The lowest BCUT2D eigenvalue weighted by Gasteiger charge is -2.14. The largest absolute Gasteiger partial charge is 0.337 e. The molecule has 2 N–H and O–H groups in total. The van der Waals surface area contributed by atoms with Gasteiger partial charge in [-0.25, -0.2) is 9.37 Å². The highest BCUT2D eigenvalue weighted by molar-refractivity contribution is 5.93. The van der Waals surface area contributed by atoms with E-state index in [2.05, 4.69) is 78.5 Å². The molecule has 0 saturated heterocycles. The summed E-state index contributed by atoms with van der Waals surface area (Å²) in [6, 6.07) is 20.2. The fourth-order valence-corrected chi connectivity index (χ4v) is 6.38. The van der Waals surface area contributed by atoms with Gasteiger partial charge >= 0.3 is 0 Å². The zero-order valence-electron chi connectivity index (χ0n) is 25.5. The molecule has 2 heterocycles. The Kier molecular flexibility index (Phi) is 8.80. The van der Waals surface area contributed by atoms with Crippen molar-refractivity contribution >= 4 is 16.6 Å². The number of hydrogen-bond acceptors (Lipinski definition) is 3. The zero-order valence-corrected chi connectivity index (χ0v) is 25.5. The molecule has 2 aromatic heterocycles. The monoisotopic (exact) mass is 572 g/mol. The van der Waals surface area contributed by atoms with Gasteiger partial charge in [-0.15, -0.1) is 0 Å². The Morgan fingerprint density at radius 1 is 0.953 bits per heavy atom. The highest BCUT2D eigenvalue weighted by atomic mass is 19.1. The summed E-state index contributed by atoms with van der Waals surface area (Å²) in [6.45, 7) is 8.56. The van der Waals surface area contributed by atoms with Gasteiger partial charge in [-0.1, -0.05) is 74.2 Å². The van der Waals surface area contributed by atoms with Crippen molar-refractivity contribution in [3.8, 4) is 22.3 Å². The van der Waals surface area contributed by atoms with Crippen LogP contribution in [0.25, 0.3) is 38.9 Å². The van der Waals surface area contributed by atoms with Crippen LogP contribution in [0, 0.1) is 25.6 Å². The van der Waals surface area contributed by atoms with E-state index in [9.17, 15) is 4.39 Å². The first-order chi connectivity index (χ1) is 21.0. The number of unbranched alkanes of at least 4 members (excludes halogenated alkanes) is 1. The number of halogens is 1. The first-order valence-corrected chi connectivity index (χ1v) is 15.7. The maximum Gasteiger partial charge on any atom is 0.138 e. The van der Waals surface area contributed by atoms with Gasteiger partial charge in [-0.05, 0) is 103 Å². The molecule has 1 fully saturated rings. The van der Waals surface area contributed by atoms with E-state index in [1.165, 1.54) is 71.2 Å². The molecular weight excluding hydrogens is 531 g/mol. The van der Waals surface area contributed by atoms with Crippen LogP contribution in [0.2, 0.25) is 0 Å². The second kappa shape index (κ2) is 13.0. The van der Waals surface area contributed by atoms with E-state index in [1.54, 1.807) is 18.3 Å². The number of fused-ring (bicyclic) bond motifs is 1. The number of pyridine rings is 1. The number of aryl methyl sites for hydroxylation is 2. The first-order valence-electron chi connectivity index (χ1n) is 15.7. The quantitative estimate of drug-likeness (QED) is 0.175. The molecule has 0 atom stereocenters. The summed E-state index contributed by atoms with van der Waals surface area (Å²) in [4.78, 5) is 13.1. The van der Waals surface area contributed by atoms with Gasteiger partial charge in [0.2, 0.25) is 0 Å². The van der Waals surface area contributed by atoms with Crippen molar-refractivity contribution in [2.24, 2.45) is 5.92 Å². The van der Waals surface area contributed by atoms with E-state index >= 15 is 0 Å². The van der Waals surface area contributed by atoms with Crippen LogP contribution in [0.5, 0.6) is 0 Å². The lowest BCUT2D eigenvalue weighted by Crippen LogP contribution is -2.20. The third-order valence-electron chi connectivity index (χ3n) is 8.68. The van der Waals surface area contributed by atoms with Gasteiger partial charge in [-0.3, -0.25) is 4.98 Å². The Bertz CT molecular complexity index is 1740. The molecule has 1 aliphatic rings. The van der Waals surface area contributed by atoms with E-state index < -0.39 is 0 Å². The van der Waals surface area contributed by atoms with Crippen molar-refractivity contribution in [3.05, 3.63) is 113 Å². The third-order valence-corrected chi connectivity index (χ3v) is 8.68. The fraction of sp³-hybridized carbons (Fsp3) is 0.316. The highest BCUT2D eigenvalue weighted by Gasteiger charge is 2.17. The second-order valence-electron chi connectivity index (χ2n) is 12.1. The van der Waals surface area contributed by atoms with Crippen LogP contribution < -0.4 is 5.32 Å². The standard InChI is InChI=1S/C38H41FN4/c1-4-5-10-33(38-42-36-24-41-23-35(37(36)43-38)29-13-15-32(39)16-14-29)34-20-30(12-11-26(34)3)31-18-25(2)17-28(19-31)22-40-21-27-8-6-7-9-27/h10-20,23-24,27,40H,4-9,21-22H2,1-3H3,(H,42,43)/b33-10+. The van der Waals surface area contributed by atoms with Crippen molar-refractivity contribution < 1.29 is 4.39 Å². The average Bonchev–Trinajstić information content (AvgIpc) is 3.69. The molecule has 5 aromatic rings. The second-order valence-corrected chi connectivity index (χ2v) is 12.1. The van der Waals surface area contributed by atoms with E-state index in [0.717, 1.165) is 65.4 Å². The number of H-pyrrole nitrogens is 1. The number of aromatic nitrogens is 3. The summed E-state index contributed by atoms with van der Waals surface area (Å²) in [6.07, 6.45) is 13.4. The Balaban J connectivity index is 1.35. The van der Waals surface area contributed by atoms with Crippen LogP contribution in [-0.2, 0) is 6.54 Å². The first kappa shape index (κ1) is 29.0. The van der Waals surface area contributed by atoms with Crippen molar-refractivity contribution in [1.82, 2.24) is 20.3 Å². The van der Waals surface area contributed by atoms with Crippen molar-refractivity contribution in [2.75, 3.05) is 6.54 Å². The third kappa shape index (κ3) is 6.62. The molecule has 5 heteroatoms. The summed E-state index contributed by atoms with van der Waals surface area (Å²) < 4.78 is 13.6. The summed E-state index contributed by atoms with van der Waals surface area (Å²) >= 11 is 0. The van der Waals surface area contributed by atoms with E-state index in [0.29, 0.717) is 0 Å². The number of nitrogens with zero attached hydrogens (tertiary/aromatic N) is 2. The molecule has 0 unspecified atom stereocenters. The van der Waals surface area contributed by atoms with E-state index in [-0.39, 0.29) is 5.82 Å². The molecular formula is C38H41FN4. The molecule has 0 radical (unpaired) electrons. The Hall–Kier alpha value is -4.09. The normalized spacial score (nSPS) is 14.2. The molecule has 0 bridgehead atoms. The topological polar surface area (TPSA) is 53.6 Å². The van der Waals surface area contributed by atoms with E-state index in [4.69, 9.17) is 4.98 Å². The lowest BCUT2D eigenvalue weighted by molar-refractivity contribution is 0.489. The molecule has 43 heavy (non-hydrogen) atoms. The summed E-state index contributed by atoms with van der Waals surface area (Å²) in [7, 11) is 0. The van der Waals surface area contributed by atoms with Crippen molar-refractivity contribution in [1.29, 1.82) is 0 Å². The summed E-state index contributed by atoms with van der Waals surface area (Å²) in [5, 5.41) is 3.72. The minimum Gasteiger partial charge on any atom is -0.337 e. The van der Waals surface area contributed by atoms with Gasteiger partial charge in [0.1, 0.15) is 11.6 Å². The predicted octanol–water partition coefficient (Wildman–Crippen LogP) is 9.56. The smallest absolute Gasteiger partial charge is 0.138 e. The molecule has 220 valence electrons. The number of hydrogen-bond donors (Lipinski definition) is 2. The Labute approximate surface area is 254 Å². The number of nitrogens with one attached hydrogen (secondary N) is 2. The van der Waals surface area contributed by atoms with Crippen LogP contribution in [-0.4, -0.2) is 21.5 Å². The number of rotatable bonds is 10. The van der Waals surface area contributed by atoms with Gasteiger partial charge in [0.25, 0.3) is 0 Å². The predicted molar refractivity (Wildman–Crippen MR) is 176 cm³/mol. The van der Waals surface area contributed by atoms with Gasteiger partial charge in [0.15, 0.2) is 0 Å². The molecule has 4 nitrogen and oxygen atoms in total. The SMILES string of the molecule is CCC/C=C(/c1nc2c(-c3ccc(F)cc3)cncc2[nH]1)c1cc(-c2cc(C)cc(CNCC3CCCC3)c2)ccc1C. The Morgan fingerprint density at radius 2 is 1.74 bits per heavy atom. The molecule has 1 aliphatic carbocycles. The van der Waals surface area contributed by atoms with Crippen LogP contribution in [0.15, 0.2) is 79.1 Å². The maximum absolute atomic E-state index is 13.6. The van der Waals surface area contributed by atoms with Crippen molar-refractivity contribution in [3.63, 3.8) is 0 Å². The molecule has 1 saturated carbocycles. The average molecular weight is 573 g/mol. The van der Waals surface area contributed by atoms with Crippen LogP contribution in [0.4, 0.5) is 4.39 Å². The number of benzene rings is 3. The maximum atomic E-state index is 13.6. The summed E-state index contributed by atoms with van der Waals surface area (Å²) in [5.41, 5.74) is 12.0. The van der Waals surface area contributed by atoms with Gasteiger partial charge in [0, 0.05) is 23.9 Å². The van der Waals surface area contributed by atoms with E-state index in [1.807, 2.05) is 6.20 Å². The highest BCUT2D eigenvalue weighted by Crippen LogP contribution is 2.34. The molecule has 3 aromatic carbocycles. The number of aromatic amines is 1.